The Bertz CT molecular complexity index is 268. The lowest BCUT2D eigenvalue weighted by molar-refractivity contribution is -0.149. The minimum Gasteiger partial charge on any atom is -0.468 e. The minimum atomic E-state index is -0.310. The molecule has 1 rings (SSSR count). The van der Waals surface area contributed by atoms with Gasteiger partial charge in [0.05, 0.1) is 13.2 Å². The molecule has 1 saturated heterocycles. The van der Waals surface area contributed by atoms with Gasteiger partial charge in [-0.05, 0) is 39.2 Å². The van der Waals surface area contributed by atoms with Crippen molar-refractivity contribution in [3.63, 3.8) is 0 Å². The molecule has 0 saturated carbocycles. The van der Waals surface area contributed by atoms with Gasteiger partial charge < -0.3 is 9.84 Å². The van der Waals surface area contributed by atoms with Crippen LogP contribution in [0.1, 0.15) is 58.8 Å². The number of hydrogen-bond donors (Lipinski definition) is 1. The van der Waals surface area contributed by atoms with Gasteiger partial charge in [0.1, 0.15) is 6.04 Å². The lowest BCUT2D eigenvalue weighted by atomic mass is 9.94. The van der Waals surface area contributed by atoms with Gasteiger partial charge in [-0.3, -0.25) is 9.69 Å². The van der Waals surface area contributed by atoms with Crippen molar-refractivity contribution in [1.82, 2.24) is 4.90 Å². The number of carbonyl (C=O) groups is 1. The molecule has 0 aromatic carbocycles. The van der Waals surface area contributed by atoms with Crippen molar-refractivity contribution < 1.29 is 14.6 Å². The first-order valence-electron chi connectivity index (χ1n) is 7.61. The lowest BCUT2D eigenvalue weighted by Crippen LogP contribution is -2.51. The Morgan fingerprint density at radius 1 is 1.47 bits per heavy atom. The number of likely N-dealkylation sites (tertiary alicyclic amines) is 1. The number of unbranched alkanes of at least 4 members (excludes halogenated alkanes) is 1. The molecule has 0 aliphatic carbocycles. The summed E-state index contributed by atoms with van der Waals surface area (Å²) in [6.45, 7) is 4.91. The highest BCUT2D eigenvalue weighted by atomic mass is 16.5. The first-order chi connectivity index (χ1) is 9.10. The maximum absolute atomic E-state index is 12.0. The SMILES string of the molecule is CCCCC(C(=O)OC)N1CCCCC1CC(C)O. The van der Waals surface area contributed by atoms with E-state index in [0.29, 0.717) is 6.04 Å². The van der Waals surface area contributed by atoms with Gasteiger partial charge in [-0.2, -0.15) is 0 Å². The van der Waals surface area contributed by atoms with Crippen LogP contribution in [0.3, 0.4) is 0 Å². The van der Waals surface area contributed by atoms with E-state index >= 15 is 0 Å². The molecule has 0 aromatic rings. The number of nitrogens with zero attached hydrogens (tertiary/aromatic N) is 1. The van der Waals surface area contributed by atoms with Crippen LogP contribution in [0, 0.1) is 0 Å². The molecule has 0 radical (unpaired) electrons. The van der Waals surface area contributed by atoms with E-state index in [1.807, 2.05) is 6.92 Å². The molecule has 1 N–H and O–H groups in total. The summed E-state index contributed by atoms with van der Waals surface area (Å²) in [5.74, 6) is -0.119. The number of hydrogen-bond acceptors (Lipinski definition) is 4. The number of rotatable bonds is 7. The van der Waals surface area contributed by atoms with Gasteiger partial charge in [0.2, 0.25) is 0 Å². The summed E-state index contributed by atoms with van der Waals surface area (Å²) < 4.78 is 4.97. The molecule has 0 bridgehead atoms. The van der Waals surface area contributed by atoms with E-state index in [9.17, 15) is 9.90 Å². The highest BCUT2D eigenvalue weighted by molar-refractivity contribution is 5.75. The van der Waals surface area contributed by atoms with Crippen LogP contribution < -0.4 is 0 Å². The average molecular weight is 271 g/mol. The maximum atomic E-state index is 12.0. The van der Waals surface area contributed by atoms with Gasteiger partial charge in [0.15, 0.2) is 0 Å². The van der Waals surface area contributed by atoms with Crippen LogP contribution in [0.25, 0.3) is 0 Å². The molecule has 19 heavy (non-hydrogen) atoms. The molecule has 1 fully saturated rings. The molecule has 3 atom stereocenters. The largest absolute Gasteiger partial charge is 0.468 e. The van der Waals surface area contributed by atoms with Crippen LogP contribution in [-0.4, -0.2) is 47.8 Å². The van der Waals surface area contributed by atoms with Crippen LogP contribution in [0.5, 0.6) is 0 Å². The molecule has 1 aliphatic rings. The van der Waals surface area contributed by atoms with Crippen molar-refractivity contribution in [2.45, 2.75) is 77.0 Å². The highest BCUT2D eigenvalue weighted by Gasteiger charge is 2.33. The van der Waals surface area contributed by atoms with E-state index in [4.69, 9.17) is 4.74 Å². The second-order valence-electron chi connectivity index (χ2n) is 5.65. The summed E-state index contributed by atoms with van der Waals surface area (Å²) in [5.41, 5.74) is 0. The van der Waals surface area contributed by atoms with Gasteiger partial charge in [-0.15, -0.1) is 0 Å². The Morgan fingerprint density at radius 3 is 2.79 bits per heavy atom. The van der Waals surface area contributed by atoms with E-state index in [1.165, 1.54) is 13.5 Å². The quantitative estimate of drug-likeness (QED) is 0.722. The molecule has 0 spiro atoms. The Kier molecular flexibility index (Phi) is 7.39. The second kappa shape index (κ2) is 8.54. The Balaban J connectivity index is 2.73. The van der Waals surface area contributed by atoms with E-state index in [-0.39, 0.29) is 18.1 Å². The van der Waals surface area contributed by atoms with Gasteiger partial charge >= 0.3 is 5.97 Å². The smallest absolute Gasteiger partial charge is 0.323 e. The van der Waals surface area contributed by atoms with Crippen molar-refractivity contribution in [3.8, 4) is 0 Å². The van der Waals surface area contributed by atoms with Crippen molar-refractivity contribution in [2.24, 2.45) is 0 Å². The van der Waals surface area contributed by atoms with Gasteiger partial charge in [0.25, 0.3) is 0 Å². The summed E-state index contributed by atoms with van der Waals surface area (Å²) >= 11 is 0. The Labute approximate surface area is 117 Å². The molecule has 1 aliphatic heterocycles. The molecule has 1 heterocycles. The summed E-state index contributed by atoms with van der Waals surface area (Å²) in [6.07, 6.45) is 6.82. The number of ether oxygens (including phenoxy) is 1. The summed E-state index contributed by atoms with van der Waals surface area (Å²) in [6, 6.07) is 0.184. The van der Waals surface area contributed by atoms with Crippen molar-refractivity contribution >= 4 is 5.97 Å². The number of carbonyl (C=O) groups excluding carboxylic acids is 1. The van der Waals surface area contributed by atoms with E-state index in [1.54, 1.807) is 0 Å². The van der Waals surface area contributed by atoms with Gasteiger partial charge in [0, 0.05) is 6.04 Å². The number of piperidine rings is 1. The highest BCUT2D eigenvalue weighted by Crippen LogP contribution is 2.25. The maximum Gasteiger partial charge on any atom is 0.323 e. The molecular weight excluding hydrogens is 242 g/mol. The predicted molar refractivity (Wildman–Crippen MR) is 76.0 cm³/mol. The first kappa shape index (κ1) is 16.4. The molecule has 0 aromatic heterocycles. The molecule has 4 heteroatoms. The summed E-state index contributed by atoms with van der Waals surface area (Å²) in [4.78, 5) is 14.3. The van der Waals surface area contributed by atoms with Crippen LogP contribution in [0.2, 0.25) is 0 Å². The van der Waals surface area contributed by atoms with Crippen molar-refractivity contribution in [1.29, 1.82) is 0 Å². The topological polar surface area (TPSA) is 49.8 Å². The Hall–Kier alpha value is -0.610. The number of aliphatic hydroxyl groups excluding tert-OH is 1. The van der Waals surface area contributed by atoms with Gasteiger partial charge in [-0.1, -0.05) is 26.2 Å². The predicted octanol–water partition coefficient (Wildman–Crippen LogP) is 2.34. The molecule has 112 valence electrons. The number of aliphatic hydroxyl groups is 1. The van der Waals surface area contributed by atoms with E-state index in [0.717, 1.165) is 45.1 Å². The fraction of sp³-hybridized carbons (Fsp3) is 0.933. The van der Waals surface area contributed by atoms with Crippen LogP contribution >= 0.6 is 0 Å². The third-order valence-electron chi connectivity index (χ3n) is 3.99. The zero-order valence-corrected chi connectivity index (χ0v) is 12.6. The fourth-order valence-electron chi connectivity index (χ4n) is 3.03. The normalized spacial score (nSPS) is 23.9. The summed E-state index contributed by atoms with van der Waals surface area (Å²) in [7, 11) is 1.47. The Morgan fingerprint density at radius 2 is 2.21 bits per heavy atom. The zero-order valence-electron chi connectivity index (χ0n) is 12.6. The second-order valence-corrected chi connectivity index (χ2v) is 5.65. The monoisotopic (exact) mass is 271 g/mol. The minimum absolute atomic E-state index is 0.119. The molecule has 3 unspecified atom stereocenters. The third-order valence-corrected chi connectivity index (χ3v) is 3.99. The van der Waals surface area contributed by atoms with Crippen molar-refractivity contribution in [3.05, 3.63) is 0 Å². The molecule has 4 nitrogen and oxygen atoms in total. The van der Waals surface area contributed by atoms with Crippen LogP contribution in [0.4, 0.5) is 0 Å². The first-order valence-corrected chi connectivity index (χ1v) is 7.61. The van der Waals surface area contributed by atoms with E-state index < -0.39 is 0 Å². The summed E-state index contributed by atoms with van der Waals surface area (Å²) in [5, 5.41) is 9.63. The third kappa shape index (κ3) is 5.11. The van der Waals surface area contributed by atoms with Crippen LogP contribution in [0.15, 0.2) is 0 Å². The van der Waals surface area contributed by atoms with Gasteiger partial charge in [-0.25, -0.2) is 0 Å². The van der Waals surface area contributed by atoms with E-state index in [2.05, 4.69) is 11.8 Å². The number of esters is 1. The standard InChI is InChI=1S/C15H29NO3/c1-4-5-9-14(15(18)19-3)16-10-7-6-8-13(16)11-12(2)17/h12-14,17H,4-11H2,1-3H3. The fourth-order valence-corrected chi connectivity index (χ4v) is 3.03. The van der Waals surface area contributed by atoms with Crippen LogP contribution in [-0.2, 0) is 9.53 Å². The lowest BCUT2D eigenvalue weighted by Gasteiger charge is -2.40. The van der Waals surface area contributed by atoms with Crippen molar-refractivity contribution in [2.75, 3.05) is 13.7 Å². The average Bonchev–Trinajstić information content (AvgIpc) is 2.39. The number of methoxy groups -OCH3 is 1. The molecule has 0 amide bonds. The molecular formula is C15H29NO3. The zero-order chi connectivity index (χ0) is 14.3.